The number of rotatable bonds is 4. The molecule has 0 N–H and O–H groups in total. The smallest absolute Gasteiger partial charge is 0.269 e. The molecule has 0 spiro atoms. The van der Waals surface area contributed by atoms with Crippen molar-refractivity contribution in [2.45, 2.75) is 12.3 Å². The third kappa shape index (κ3) is 2.88. The number of nitroso groups, excluding NO2 is 1. The normalized spacial score (nSPS) is 10.3. The minimum absolute atomic E-state index is 0.109. The van der Waals surface area contributed by atoms with E-state index in [4.69, 9.17) is 0 Å². The number of benzene rings is 2. The molecule has 0 heterocycles. The molecule has 0 atom stereocenters. The van der Waals surface area contributed by atoms with Crippen molar-refractivity contribution < 1.29 is 4.79 Å². The lowest BCUT2D eigenvalue weighted by atomic mass is 9.88. The third-order valence-electron chi connectivity index (χ3n) is 2.88. The first-order valence-corrected chi connectivity index (χ1v) is 5.77. The zero-order chi connectivity index (χ0) is 12.8. The third-order valence-corrected chi connectivity index (χ3v) is 2.88. The van der Waals surface area contributed by atoms with Crippen LogP contribution in [-0.2, 0) is 4.79 Å². The van der Waals surface area contributed by atoms with Crippen LogP contribution < -0.4 is 0 Å². The Bertz CT molecular complexity index is 483. The maximum Gasteiger partial charge on any atom is 0.287 e. The molecule has 3 heteroatoms. The Balaban J connectivity index is 2.35. The first-order chi connectivity index (χ1) is 8.81. The van der Waals surface area contributed by atoms with Gasteiger partial charge in [-0.2, -0.15) is 0 Å². The van der Waals surface area contributed by atoms with Gasteiger partial charge in [-0.25, -0.2) is 0 Å². The Morgan fingerprint density at radius 3 is 1.72 bits per heavy atom. The minimum Gasteiger partial charge on any atom is -0.269 e. The number of hydrogen-bond donors (Lipinski definition) is 0. The lowest BCUT2D eigenvalue weighted by Gasteiger charge is -2.15. The molecule has 0 radical (unpaired) electrons. The fourth-order valence-corrected chi connectivity index (χ4v) is 2.01. The summed E-state index contributed by atoms with van der Waals surface area (Å²) < 4.78 is 0. The van der Waals surface area contributed by atoms with Gasteiger partial charge < -0.3 is 0 Å². The molecule has 0 unspecified atom stereocenters. The van der Waals surface area contributed by atoms with E-state index in [0.29, 0.717) is 0 Å². The second-order valence-electron chi connectivity index (χ2n) is 4.06. The molecule has 2 rings (SSSR count). The second kappa shape index (κ2) is 5.87. The fourth-order valence-electron chi connectivity index (χ4n) is 2.01. The van der Waals surface area contributed by atoms with Crippen molar-refractivity contribution in [3.8, 4) is 0 Å². The highest BCUT2D eigenvalue weighted by Crippen LogP contribution is 2.28. The van der Waals surface area contributed by atoms with E-state index in [2.05, 4.69) is 5.18 Å². The Labute approximate surface area is 105 Å². The molecule has 0 bridgehead atoms. The Hall–Kier alpha value is -2.29. The van der Waals surface area contributed by atoms with Crippen molar-refractivity contribution in [1.29, 1.82) is 0 Å². The van der Waals surface area contributed by atoms with E-state index in [1.807, 2.05) is 60.7 Å². The molecule has 0 aliphatic rings. The molecule has 0 aliphatic carbocycles. The maximum atomic E-state index is 11.3. The number of carbonyl (C=O) groups excluding carboxylic acids is 1. The summed E-state index contributed by atoms with van der Waals surface area (Å²) in [5.74, 6) is -0.731. The van der Waals surface area contributed by atoms with Crippen molar-refractivity contribution in [1.82, 2.24) is 0 Å². The van der Waals surface area contributed by atoms with E-state index in [0.717, 1.165) is 11.1 Å². The van der Waals surface area contributed by atoms with E-state index in [1.54, 1.807) is 0 Å². The monoisotopic (exact) mass is 239 g/mol. The largest absolute Gasteiger partial charge is 0.287 e. The van der Waals surface area contributed by atoms with Crippen molar-refractivity contribution in [3.63, 3.8) is 0 Å². The van der Waals surface area contributed by atoms with Crippen molar-refractivity contribution in [2.75, 3.05) is 0 Å². The fraction of sp³-hybridized carbons (Fsp3) is 0.133. The Morgan fingerprint density at radius 1 is 0.889 bits per heavy atom. The SMILES string of the molecule is O=NC(=O)CC(c1ccccc1)c1ccccc1. The average Bonchev–Trinajstić information content (AvgIpc) is 2.46. The molecule has 0 saturated heterocycles. The first-order valence-electron chi connectivity index (χ1n) is 5.77. The molecule has 90 valence electrons. The molecular weight excluding hydrogens is 226 g/mol. The van der Waals surface area contributed by atoms with Crippen LogP contribution in [0.5, 0.6) is 0 Å². The predicted octanol–water partition coefficient (Wildman–Crippen LogP) is 3.50. The molecule has 2 aromatic carbocycles. The van der Waals surface area contributed by atoms with E-state index in [-0.39, 0.29) is 12.3 Å². The number of hydrogen-bond acceptors (Lipinski definition) is 2. The van der Waals surface area contributed by atoms with Gasteiger partial charge in [-0.05, 0) is 11.1 Å². The lowest BCUT2D eigenvalue weighted by molar-refractivity contribution is -0.118. The molecule has 0 fully saturated rings. The topological polar surface area (TPSA) is 46.5 Å². The van der Waals surface area contributed by atoms with E-state index < -0.39 is 5.91 Å². The van der Waals surface area contributed by atoms with Crippen molar-refractivity contribution >= 4 is 5.91 Å². The van der Waals surface area contributed by atoms with Gasteiger partial charge in [0.2, 0.25) is 0 Å². The van der Waals surface area contributed by atoms with Crippen molar-refractivity contribution in [3.05, 3.63) is 76.7 Å². The Morgan fingerprint density at radius 2 is 1.33 bits per heavy atom. The summed E-state index contributed by atoms with van der Waals surface area (Å²) in [5, 5.41) is 2.49. The van der Waals surface area contributed by atoms with E-state index in [1.165, 1.54) is 0 Å². The molecule has 1 amide bonds. The lowest BCUT2D eigenvalue weighted by Crippen LogP contribution is -2.06. The molecular formula is C15H13NO2. The molecule has 2 aromatic rings. The van der Waals surface area contributed by atoms with Gasteiger partial charge in [0.1, 0.15) is 0 Å². The average molecular weight is 239 g/mol. The molecule has 0 aliphatic heterocycles. The number of nitrogens with zero attached hydrogens (tertiary/aromatic N) is 1. The number of amides is 1. The quantitative estimate of drug-likeness (QED) is 0.766. The Kier molecular flexibility index (Phi) is 3.97. The van der Waals surface area contributed by atoms with Gasteiger partial charge >= 0.3 is 0 Å². The maximum absolute atomic E-state index is 11.3. The van der Waals surface area contributed by atoms with Crippen LogP contribution in [0.3, 0.4) is 0 Å². The molecule has 0 aromatic heterocycles. The molecule has 3 nitrogen and oxygen atoms in total. The highest BCUT2D eigenvalue weighted by molar-refractivity contribution is 5.78. The van der Waals surface area contributed by atoms with Crippen LogP contribution in [0.2, 0.25) is 0 Å². The van der Waals surface area contributed by atoms with Crippen LogP contribution >= 0.6 is 0 Å². The minimum atomic E-state index is -0.618. The molecule has 18 heavy (non-hydrogen) atoms. The van der Waals surface area contributed by atoms with Gasteiger partial charge in [-0.3, -0.25) is 4.79 Å². The molecule has 0 saturated carbocycles. The van der Waals surface area contributed by atoms with Gasteiger partial charge in [0.15, 0.2) is 0 Å². The summed E-state index contributed by atoms with van der Waals surface area (Å²) >= 11 is 0. The van der Waals surface area contributed by atoms with Crippen LogP contribution in [0.25, 0.3) is 0 Å². The van der Waals surface area contributed by atoms with Crippen molar-refractivity contribution in [2.24, 2.45) is 5.18 Å². The van der Waals surface area contributed by atoms with Crippen LogP contribution in [0.15, 0.2) is 65.8 Å². The summed E-state index contributed by atoms with van der Waals surface area (Å²) in [5.41, 5.74) is 2.03. The van der Waals surface area contributed by atoms with Gasteiger partial charge in [-0.1, -0.05) is 60.7 Å². The summed E-state index contributed by atoms with van der Waals surface area (Å²) in [4.78, 5) is 21.6. The summed E-state index contributed by atoms with van der Waals surface area (Å²) in [6.07, 6.45) is 0.109. The van der Waals surface area contributed by atoms with Gasteiger partial charge in [0, 0.05) is 17.5 Å². The standard InChI is InChI=1S/C15H13NO2/c17-15(16-18)11-14(12-7-3-1-4-8-12)13-9-5-2-6-10-13/h1-10,14H,11H2. The van der Waals surface area contributed by atoms with Gasteiger partial charge in [0.25, 0.3) is 5.91 Å². The second-order valence-corrected chi connectivity index (χ2v) is 4.06. The van der Waals surface area contributed by atoms with Gasteiger partial charge in [0.05, 0.1) is 0 Å². The predicted molar refractivity (Wildman–Crippen MR) is 70.1 cm³/mol. The van der Waals surface area contributed by atoms with Crippen LogP contribution in [0.1, 0.15) is 23.5 Å². The zero-order valence-electron chi connectivity index (χ0n) is 9.82. The highest BCUT2D eigenvalue weighted by atomic mass is 16.3. The summed E-state index contributed by atoms with van der Waals surface area (Å²) in [6, 6.07) is 19.3. The first kappa shape index (κ1) is 12.2. The number of carbonyl (C=O) groups is 1. The summed E-state index contributed by atoms with van der Waals surface area (Å²) in [7, 11) is 0. The van der Waals surface area contributed by atoms with Crippen LogP contribution in [-0.4, -0.2) is 5.91 Å². The highest BCUT2D eigenvalue weighted by Gasteiger charge is 2.18. The van der Waals surface area contributed by atoms with E-state index in [9.17, 15) is 9.70 Å². The van der Waals surface area contributed by atoms with Crippen LogP contribution in [0.4, 0.5) is 0 Å². The van der Waals surface area contributed by atoms with E-state index >= 15 is 0 Å². The zero-order valence-corrected chi connectivity index (χ0v) is 9.82. The van der Waals surface area contributed by atoms with Crippen LogP contribution in [0, 0.1) is 4.91 Å². The van der Waals surface area contributed by atoms with Gasteiger partial charge in [-0.15, -0.1) is 4.91 Å². The summed E-state index contributed by atoms with van der Waals surface area (Å²) in [6.45, 7) is 0.